The lowest BCUT2D eigenvalue weighted by molar-refractivity contribution is -0.0600. The molecule has 2 aromatic rings. The van der Waals surface area contributed by atoms with Crippen LogP contribution in [0.3, 0.4) is 0 Å². The van der Waals surface area contributed by atoms with Gasteiger partial charge in [-0.05, 0) is 30.4 Å². The van der Waals surface area contributed by atoms with Crippen molar-refractivity contribution in [1.29, 1.82) is 0 Å². The molecule has 2 N–H and O–H groups in total. The maximum atomic E-state index is 8.78. The molecule has 0 saturated carbocycles. The third-order valence-corrected chi connectivity index (χ3v) is 4.67. The zero-order valence-electron chi connectivity index (χ0n) is 12.6. The fourth-order valence-electron chi connectivity index (χ4n) is 3.47. The molecule has 21 heavy (non-hydrogen) atoms. The number of hydrogen-bond donors (Lipinski definition) is 2. The van der Waals surface area contributed by atoms with Crippen LogP contribution in [-0.2, 0) is 23.2 Å². The average Bonchev–Trinajstić information content (AvgIpc) is 2.92. The molecule has 4 nitrogen and oxygen atoms in total. The second-order valence-electron chi connectivity index (χ2n) is 5.62. The van der Waals surface area contributed by atoms with E-state index in [2.05, 4.69) is 42.2 Å². The van der Waals surface area contributed by atoms with Gasteiger partial charge in [0.1, 0.15) is 5.60 Å². The van der Waals surface area contributed by atoms with Gasteiger partial charge in [0, 0.05) is 23.5 Å². The summed E-state index contributed by atoms with van der Waals surface area (Å²) in [5, 5.41) is 13.3. The number of aromatic amines is 1. The van der Waals surface area contributed by atoms with Crippen molar-refractivity contribution in [3.8, 4) is 0 Å². The number of aromatic nitrogens is 1. The zero-order valence-corrected chi connectivity index (χ0v) is 12.6. The Hall–Kier alpha value is -1.81. The highest BCUT2D eigenvalue weighted by Gasteiger charge is 2.38. The smallest absolute Gasteiger partial charge is 0.113 e. The predicted octanol–water partition coefficient (Wildman–Crippen LogP) is 3.76. The molecule has 0 spiro atoms. The lowest BCUT2D eigenvalue weighted by atomic mass is 9.86. The van der Waals surface area contributed by atoms with E-state index in [1.54, 1.807) is 0 Å². The highest BCUT2D eigenvalue weighted by Crippen LogP contribution is 2.41. The summed E-state index contributed by atoms with van der Waals surface area (Å²) >= 11 is 0. The van der Waals surface area contributed by atoms with Crippen LogP contribution in [0.15, 0.2) is 23.4 Å². The van der Waals surface area contributed by atoms with Gasteiger partial charge in [0.25, 0.3) is 0 Å². The number of rotatable bonds is 4. The van der Waals surface area contributed by atoms with E-state index in [0.29, 0.717) is 13.0 Å². The largest absolute Gasteiger partial charge is 0.411 e. The number of nitrogens with zero attached hydrogens (tertiary/aromatic N) is 1. The summed E-state index contributed by atoms with van der Waals surface area (Å²) in [5.41, 5.74) is 4.69. The van der Waals surface area contributed by atoms with Crippen LogP contribution >= 0.6 is 0 Å². The number of benzene rings is 1. The number of aryl methyl sites for hydroxylation is 1. The predicted molar refractivity (Wildman–Crippen MR) is 84.2 cm³/mol. The zero-order chi connectivity index (χ0) is 14.9. The van der Waals surface area contributed by atoms with E-state index in [9.17, 15) is 0 Å². The Labute approximate surface area is 124 Å². The van der Waals surface area contributed by atoms with Crippen molar-refractivity contribution in [3.63, 3.8) is 0 Å². The second-order valence-corrected chi connectivity index (χ2v) is 5.62. The molecule has 3 rings (SSSR count). The number of fused-ring (bicyclic) bond motifs is 3. The molecule has 0 fully saturated rings. The number of ether oxygens (including phenoxy) is 1. The van der Waals surface area contributed by atoms with Crippen LogP contribution in [0.5, 0.6) is 0 Å². The van der Waals surface area contributed by atoms with Crippen LogP contribution in [0.4, 0.5) is 0 Å². The minimum absolute atomic E-state index is 0.399. The fourth-order valence-corrected chi connectivity index (χ4v) is 3.47. The Bertz CT molecular complexity index is 675. The standard InChI is InChI=1S/C17H22N2O2/c1-3-12-6-5-7-13-14-8-11-21-17(4-2,9-10-18-20)16(14)19-15(12)13/h5-7,10,19-20H,3-4,8-9,11H2,1-2H3. The third-order valence-electron chi connectivity index (χ3n) is 4.67. The number of oxime groups is 1. The molecule has 0 bridgehead atoms. The maximum absolute atomic E-state index is 8.78. The summed E-state index contributed by atoms with van der Waals surface area (Å²) in [6, 6.07) is 6.50. The van der Waals surface area contributed by atoms with Crippen molar-refractivity contribution in [1.82, 2.24) is 4.98 Å². The molecule has 4 heteroatoms. The minimum atomic E-state index is -0.399. The van der Waals surface area contributed by atoms with E-state index in [-0.39, 0.29) is 0 Å². The summed E-state index contributed by atoms with van der Waals surface area (Å²) in [5.74, 6) is 0. The molecule has 112 valence electrons. The van der Waals surface area contributed by atoms with E-state index in [0.717, 1.165) is 25.0 Å². The molecule has 0 aliphatic carbocycles. The number of H-pyrrole nitrogens is 1. The first-order valence-corrected chi connectivity index (χ1v) is 7.68. The van der Waals surface area contributed by atoms with Crippen molar-refractivity contribution in [2.24, 2.45) is 5.16 Å². The summed E-state index contributed by atoms with van der Waals surface area (Å²) in [6.45, 7) is 5.01. The van der Waals surface area contributed by atoms with Gasteiger partial charge < -0.3 is 14.9 Å². The van der Waals surface area contributed by atoms with Gasteiger partial charge in [-0.3, -0.25) is 0 Å². The first-order chi connectivity index (χ1) is 10.3. The Morgan fingerprint density at radius 3 is 3.00 bits per heavy atom. The van der Waals surface area contributed by atoms with Crippen molar-refractivity contribution in [2.75, 3.05) is 6.61 Å². The Morgan fingerprint density at radius 1 is 1.43 bits per heavy atom. The molecule has 0 radical (unpaired) electrons. The molecular formula is C17H22N2O2. The number of nitrogens with one attached hydrogen (secondary N) is 1. The highest BCUT2D eigenvalue weighted by atomic mass is 16.5. The van der Waals surface area contributed by atoms with Crippen LogP contribution in [0, 0.1) is 0 Å². The molecule has 1 aliphatic heterocycles. The van der Waals surface area contributed by atoms with Gasteiger partial charge in [0.05, 0.1) is 12.3 Å². The van der Waals surface area contributed by atoms with Crippen molar-refractivity contribution in [2.45, 2.75) is 45.1 Å². The normalized spacial score (nSPS) is 22.0. The van der Waals surface area contributed by atoms with Gasteiger partial charge in [-0.2, -0.15) is 0 Å². The lowest BCUT2D eigenvalue weighted by Gasteiger charge is -2.35. The van der Waals surface area contributed by atoms with Gasteiger partial charge in [-0.15, -0.1) is 5.16 Å². The van der Waals surface area contributed by atoms with Crippen LogP contribution in [0.1, 0.15) is 43.5 Å². The second kappa shape index (κ2) is 5.53. The van der Waals surface area contributed by atoms with Crippen LogP contribution in [-0.4, -0.2) is 23.0 Å². The highest BCUT2D eigenvalue weighted by molar-refractivity contribution is 5.88. The van der Waals surface area contributed by atoms with E-state index in [4.69, 9.17) is 9.94 Å². The van der Waals surface area contributed by atoms with E-state index < -0.39 is 5.60 Å². The minimum Gasteiger partial charge on any atom is -0.411 e. The van der Waals surface area contributed by atoms with Crippen molar-refractivity contribution in [3.05, 3.63) is 35.0 Å². The van der Waals surface area contributed by atoms with Crippen molar-refractivity contribution >= 4 is 17.1 Å². The van der Waals surface area contributed by atoms with E-state index >= 15 is 0 Å². The summed E-state index contributed by atoms with van der Waals surface area (Å²) in [6.07, 6.45) is 4.90. The monoisotopic (exact) mass is 286 g/mol. The molecule has 1 unspecified atom stereocenters. The molecule has 1 atom stereocenters. The fraction of sp³-hybridized carbons (Fsp3) is 0.471. The lowest BCUT2D eigenvalue weighted by Crippen LogP contribution is -2.35. The number of para-hydroxylation sites is 1. The average molecular weight is 286 g/mol. The van der Waals surface area contributed by atoms with Gasteiger partial charge in [-0.25, -0.2) is 0 Å². The van der Waals surface area contributed by atoms with Crippen LogP contribution in [0.25, 0.3) is 10.9 Å². The van der Waals surface area contributed by atoms with Crippen LogP contribution in [0.2, 0.25) is 0 Å². The van der Waals surface area contributed by atoms with E-state index in [1.807, 2.05) is 0 Å². The first kappa shape index (κ1) is 14.1. The van der Waals surface area contributed by atoms with Gasteiger partial charge in [0.15, 0.2) is 0 Å². The molecule has 0 saturated heterocycles. The molecule has 0 amide bonds. The summed E-state index contributed by atoms with van der Waals surface area (Å²) in [7, 11) is 0. The van der Waals surface area contributed by atoms with Crippen LogP contribution < -0.4 is 0 Å². The molecule has 2 heterocycles. The number of hydrogen-bond acceptors (Lipinski definition) is 3. The topological polar surface area (TPSA) is 57.6 Å². The third kappa shape index (κ3) is 2.14. The SMILES string of the molecule is CCc1cccc2c3c([nH]c12)C(CC)(CC=NO)OCC3. The van der Waals surface area contributed by atoms with Gasteiger partial charge in [-0.1, -0.05) is 32.0 Å². The van der Waals surface area contributed by atoms with E-state index in [1.165, 1.54) is 28.2 Å². The summed E-state index contributed by atoms with van der Waals surface area (Å²) < 4.78 is 6.11. The van der Waals surface area contributed by atoms with Gasteiger partial charge >= 0.3 is 0 Å². The Balaban J connectivity index is 2.21. The summed E-state index contributed by atoms with van der Waals surface area (Å²) in [4.78, 5) is 3.62. The first-order valence-electron chi connectivity index (χ1n) is 7.68. The van der Waals surface area contributed by atoms with Gasteiger partial charge in [0.2, 0.25) is 0 Å². The Kier molecular flexibility index (Phi) is 3.72. The molecule has 1 aromatic carbocycles. The molecule has 1 aromatic heterocycles. The Morgan fingerprint density at radius 2 is 2.29 bits per heavy atom. The quantitative estimate of drug-likeness (QED) is 0.511. The molecular weight excluding hydrogens is 264 g/mol. The van der Waals surface area contributed by atoms with Crippen molar-refractivity contribution < 1.29 is 9.94 Å². The maximum Gasteiger partial charge on any atom is 0.113 e. The molecule has 1 aliphatic rings.